The van der Waals surface area contributed by atoms with E-state index in [2.05, 4.69) is 4.98 Å². The summed E-state index contributed by atoms with van der Waals surface area (Å²) in [5.74, 6) is -0.686. The van der Waals surface area contributed by atoms with Crippen LogP contribution in [0.2, 0.25) is 0 Å². The molecule has 0 fully saturated rings. The number of phenolic OH excluding ortho intramolecular Hbond substituents is 2. The van der Waals surface area contributed by atoms with Crippen LogP contribution in [0.25, 0.3) is 12.2 Å². The first kappa shape index (κ1) is 14.1. The molecule has 0 aliphatic heterocycles. The molecule has 0 saturated carbocycles. The van der Waals surface area contributed by atoms with Crippen molar-refractivity contribution in [1.82, 2.24) is 9.97 Å². The average Bonchev–Trinajstić information content (AvgIpc) is 2.38. The summed E-state index contributed by atoms with van der Waals surface area (Å²) in [5, 5.41) is 29.3. The van der Waals surface area contributed by atoms with Crippen molar-refractivity contribution < 1.29 is 15.1 Å². The summed E-state index contributed by atoms with van der Waals surface area (Å²) in [6.07, 6.45) is 2.48. The minimum absolute atomic E-state index is 0.277. The molecule has 1 aromatic carbocycles. The Morgan fingerprint density at radius 3 is 2.43 bits per heavy atom. The van der Waals surface area contributed by atoms with Gasteiger partial charge in [0.05, 0.1) is 4.92 Å². The van der Waals surface area contributed by atoms with Gasteiger partial charge in [0.25, 0.3) is 0 Å². The number of H-pyrrole nitrogens is 2. The molecule has 0 spiro atoms. The van der Waals surface area contributed by atoms with Crippen LogP contribution in [0, 0.1) is 10.1 Å². The Bertz CT molecular complexity index is 849. The molecule has 0 radical (unpaired) electrons. The van der Waals surface area contributed by atoms with Gasteiger partial charge in [-0.25, -0.2) is 4.79 Å². The smallest absolute Gasteiger partial charge is 0.357 e. The van der Waals surface area contributed by atoms with Crippen LogP contribution >= 0.6 is 0 Å². The van der Waals surface area contributed by atoms with Gasteiger partial charge in [-0.1, -0.05) is 12.1 Å². The minimum atomic E-state index is -1.11. The van der Waals surface area contributed by atoms with Gasteiger partial charge in [-0.15, -0.1) is 0 Å². The van der Waals surface area contributed by atoms with Crippen molar-refractivity contribution in [3.63, 3.8) is 0 Å². The van der Waals surface area contributed by atoms with Crippen LogP contribution < -0.4 is 11.2 Å². The molecule has 21 heavy (non-hydrogen) atoms. The lowest BCUT2D eigenvalue weighted by Crippen LogP contribution is -2.25. The number of nitrogens with one attached hydrogen (secondary N) is 2. The predicted octanol–water partition coefficient (Wildman–Crippen LogP) is 0.553. The normalized spacial score (nSPS) is 10.9. The highest BCUT2D eigenvalue weighted by Crippen LogP contribution is 2.25. The Hall–Kier alpha value is -3.36. The summed E-state index contributed by atoms with van der Waals surface area (Å²) in [6.45, 7) is 0. The molecule has 1 heterocycles. The number of rotatable bonds is 3. The highest BCUT2D eigenvalue weighted by Gasteiger charge is 2.18. The van der Waals surface area contributed by atoms with Crippen LogP contribution in [0.15, 0.2) is 27.8 Å². The molecular formula is C12H9N3O6. The summed E-state index contributed by atoms with van der Waals surface area (Å²) in [6, 6.07) is 3.87. The van der Waals surface area contributed by atoms with Gasteiger partial charge in [-0.05, 0) is 23.8 Å². The standard InChI is InChI=1S/C12H9N3O6/c16-8-4-2-6(5-9(8)17)1-3-7-10(15(20)21)11(18)14-12(19)13-7/h1-5,16-17H,(H2,13,14,18,19)/b3-1-. The van der Waals surface area contributed by atoms with Gasteiger partial charge in [0.2, 0.25) is 0 Å². The Morgan fingerprint density at radius 2 is 1.81 bits per heavy atom. The monoisotopic (exact) mass is 291 g/mol. The highest BCUT2D eigenvalue weighted by atomic mass is 16.6. The Morgan fingerprint density at radius 1 is 1.10 bits per heavy atom. The van der Waals surface area contributed by atoms with E-state index >= 15 is 0 Å². The first-order valence-electron chi connectivity index (χ1n) is 5.59. The number of nitrogens with zero attached hydrogens (tertiary/aromatic N) is 1. The van der Waals surface area contributed by atoms with E-state index < -0.39 is 21.9 Å². The van der Waals surface area contributed by atoms with Gasteiger partial charge in [0.15, 0.2) is 11.5 Å². The lowest BCUT2D eigenvalue weighted by molar-refractivity contribution is -0.386. The number of hydrogen-bond acceptors (Lipinski definition) is 6. The van der Waals surface area contributed by atoms with Crippen LogP contribution in [0.4, 0.5) is 5.69 Å². The lowest BCUT2D eigenvalue weighted by atomic mass is 10.1. The summed E-state index contributed by atoms with van der Waals surface area (Å²) >= 11 is 0. The number of aromatic hydroxyl groups is 2. The number of aromatic nitrogens is 2. The first-order valence-corrected chi connectivity index (χ1v) is 5.59. The molecule has 0 atom stereocenters. The molecule has 4 N–H and O–H groups in total. The van der Waals surface area contributed by atoms with Gasteiger partial charge in [-0.2, -0.15) is 0 Å². The SMILES string of the molecule is O=c1[nH]c(/C=C\c2ccc(O)c(O)c2)c([N+](=O)[O-])c(=O)[nH]1. The molecule has 2 aromatic rings. The van der Waals surface area contributed by atoms with Crippen molar-refractivity contribution in [2.24, 2.45) is 0 Å². The molecule has 0 bridgehead atoms. The second kappa shape index (κ2) is 5.33. The third-order valence-corrected chi connectivity index (χ3v) is 2.57. The second-order valence-electron chi connectivity index (χ2n) is 4.01. The summed E-state index contributed by atoms with van der Waals surface area (Å²) in [7, 11) is 0. The third-order valence-electron chi connectivity index (χ3n) is 2.57. The average molecular weight is 291 g/mol. The topological polar surface area (TPSA) is 149 Å². The van der Waals surface area contributed by atoms with Gasteiger partial charge in [-0.3, -0.25) is 19.9 Å². The molecule has 2 rings (SSSR count). The quantitative estimate of drug-likeness (QED) is 0.368. The summed E-state index contributed by atoms with van der Waals surface area (Å²) in [5.41, 5.74) is -2.66. The van der Waals surface area contributed by atoms with E-state index in [0.717, 1.165) is 6.08 Å². The zero-order valence-corrected chi connectivity index (χ0v) is 10.4. The Kier molecular flexibility index (Phi) is 3.57. The van der Waals surface area contributed by atoms with Crippen LogP contribution in [0.5, 0.6) is 11.5 Å². The van der Waals surface area contributed by atoms with Gasteiger partial charge < -0.3 is 15.2 Å². The van der Waals surface area contributed by atoms with E-state index in [4.69, 9.17) is 5.11 Å². The van der Waals surface area contributed by atoms with Crippen LogP contribution in [0.1, 0.15) is 11.3 Å². The largest absolute Gasteiger partial charge is 0.504 e. The number of aromatic amines is 2. The van der Waals surface area contributed by atoms with E-state index in [0.29, 0.717) is 5.56 Å². The first-order chi connectivity index (χ1) is 9.88. The van der Waals surface area contributed by atoms with E-state index in [1.165, 1.54) is 24.3 Å². The van der Waals surface area contributed by atoms with E-state index in [1.54, 1.807) is 4.98 Å². The zero-order chi connectivity index (χ0) is 15.6. The minimum Gasteiger partial charge on any atom is -0.504 e. The van der Waals surface area contributed by atoms with E-state index in [-0.39, 0.29) is 17.2 Å². The van der Waals surface area contributed by atoms with E-state index in [9.17, 15) is 24.8 Å². The summed E-state index contributed by atoms with van der Waals surface area (Å²) < 4.78 is 0. The molecule has 0 amide bonds. The molecule has 0 aliphatic carbocycles. The number of nitro groups is 1. The molecule has 0 unspecified atom stereocenters. The molecule has 9 heteroatoms. The van der Waals surface area contributed by atoms with Crippen LogP contribution in [0.3, 0.4) is 0 Å². The van der Waals surface area contributed by atoms with Crippen molar-refractivity contribution in [3.8, 4) is 11.5 Å². The lowest BCUT2D eigenvalue weighted by Gasteiger charge is -1.99. The van der Waals surface area contributed by atoms with Crippen LogP contribution in [-0.2, 0) is 0 Å². The second-order valence-corrected chi connectivity index (χ2v) is 4.01. The van der Waals surface area contributed by atoms with Gasteiger partial charge in [0, 0.05) is 0 Å². The van der Waals surface area contributed by atoms with Crippen molar-refractivity contribution in [1.29, 1.82) is 0 Å². The van der Waals surface area contributed by atoms with Crippen molar-refractivity contribution in [2.75, 3.05) is 0 Å². The number of benzene rings is 1. The maximum Gasteiger partial charge on any atom is 0.357 e. The molecule has 0 saturated heterocycles. The molecule has 0 aliphatic rings. The fraction of sp³-hybridized carbons (Fsp3) is 0. The predicted molar refractivity (Wildman–Crippen MR) is 73.0 cm³/mol. The fourth-order valence-electron chi connectivity index (χ4n) is 1.62. The number of phenols is 2. The molecule has 108 valence electrons. The van der Waals surface area contributed by atoms with Crippen molar-refractivity contribution in [2.45, 2.75) is 0 Å². The zero-order valence-electron chi connectivity index (χ0n) is 10.4. The summed E-state index contributed by atoms with van der Waals surface area (Å²) in [4.78, 5) is 36.4. The maximum atomic E-state index is 11.4. The van der Waals surface area contributed by atoms with Crippen LogP contribution in [-0.4, -0.2) is 25.1 Å². The maximum absolute atomic E-state index is 11.4. The highest BCUT2D eigenvalue weighted by molar-refractivity contribution is 5.72. The Balaban J connectivity index is 2.50. The fourth-order valence-corrected chi connectivity index (χ4v) is 1.62. The van der Waals surface area contributed by atoms with Gasteiger partial charge >= 0.3 is 16.9 Å². The third kappa shape index (κ3) is 2.97. The van der Waals surface area contributed by atoms with Gasteiger partial charge in [0.1, 0.15) is 5.69 Å². The van der Waals surface area contributed by atoms with Crippen molar-refractivity contribution in [3.05, 3.63) is 60.4 Å². The van der Waals surface area contributed by atoms with E-state index in [1.807, 2.05) is 0 Å². The van der Waals surface area contributed by atoms with Crippen molar-refractivity contribution >= 4 is 17.8 Å². The number of hydrogen-bond donors (Lipinski definition) is 4. The molecule has 9 nitrogen and oxygen atoms in total. The molecular weight excluding hydrogens is 282 g/mol. The molecule has 1 aromatic heterocycles. The Labute approximate surface area is 116 Å².